The summed E-state index contributed by atoms with van der Waals surface area (Å²) in [7, 11) is 0. The van der Waals surface area contributed by atoms with Crippen LogP contribution in [0.25, 0.3) is 10.2 Å². The number of thioether (sulfide) groups is 1. The number of aryl methyl sites for hydroxylation is 1. The van der Waals surface area contributed by atoms with E-state index in [-0.39, 0.29) is 35.3 Å². The summed E-state index contributed by atoms with van der Waals surface area (Å²) in [6.07, 6.45) is 3.64. The summed E-state index contributed by atoms with van der Waals surface area (Å²) >= 11 is 2.85. The van der Waals surface area contributed by atoms with Crippen LogP contribution in [0.3, 0.4) is 0 Å². The van der Waals surface area contributed by atoms with Gasteiger partial charge in [-0.1, -0.05) is 36.7 Å². The van der Waals surface area contributed by atoms with Crippen LogP contribution in [-0.2, 0) is 14.4 Å². The number of nitrogens with zero attached hydrogens (tertiary/aromatic N) is 2. The van der Waals surface area contributed by atoms with Gasteiger partial charge >= 0.3 is 0 Å². The first-order valence-electron chi connectivity index (χ1n) is 10.8. The molecule has 2 aliphatic rings. The molecule has 0 bridgehead atoms. The van der Waals surface area contributed by atoms with Crippen LogP contribution < -0.4 is 10.2 Å². The Hall–Kier alpha value is -2.71. The van der Waals surface area contributed by atoms with Crippen LogP contribution in [0.5, 0.6) is 0 Å². The highest BCUT2D eigenvalue weighted by molar-refractivity contribution is 8.01. The quantitative estimate of drug-likeness (QED) is 0.423. The fourth-order valence-corrected chi connectivity index (χ4v) is 6.46. The second kappa shape index (κ2) is 8.67. The molecular weight excluding hydrogens is 442 g/mol. The van der Waals surface area contributed by atoms with Crippen molar-refractivity contribution in [3.05, 3.63) is 48.0 Å². The number of fused-ring (bicyclic) bond motifs is 2. The van der Waals surface area contributed by atoms with E-state index in [2.05, 4.69) is 10.3 Å². The van der Waals surface area contributed by atoms with Gasteiger partial charge in [-0.2, -0.15) is 0 Å². The van der Waals surface area contributed by atoms with Crippen LogP contribution in [0.1, 0.15) is 31.2 Å². The minimum Gasteiger partial charge on any atom is -0.325 e. The molecule has 3 amide bonds. The molecule has 2 fully saturated rings. The van der Waals surface area contributed by atoms with Crippen molar-refractivity contribution in [3.63, 3.8) is 0 Å². The van der Waals surface area contributed by atoms with Crippen LogP contribution in [0, 0.1) is 18.8 Å². The zero-order chi connectivity index (χ0) is 22.2. The summed E-state index contributed by atoms with van der Waals surface area (Å²) in [4.78, 5) is 44.0. The Balaban J connectivity index is 1.28. The van der Waals surface area contributed by atoms with Gasteiger partial charge in [-0.15, -0.1) is 11.3 Å². The predicted octanol–water partition coefficient (Wildman–Crippen LogP) is 5.02. The number of nitrogens with one attached hydrogen (secondary N) is 1. The van der Waals surface area contributed by atoms with Crippen LogP contribution >= 0.6 is 23.1 Å². The fraction of sp³-hybridized carbons (Fsp3) is 0.333. The third-order valence-corrected chi connectivity index (χ3v) is 8.24. The molecule has 0 unspecified atom stereocenters. The Morgan fingerprint density at radius 1 is 1.12 bits per heavy atom. The maximum Gasteiger partial charge on any atom is 0.237 e. The predicted molar refractivity (Wildman–Crippen MR) is 128 cm³/mol. The number of imide groups is 1. The molecule has 1 aliphatic carbocycles. The zero-order valence-electron chi connectivity index (χ0n) is 17.7. The van der Waals surface area contributed by atoms with Gasteiger partial charge < -0.3 is 5.32 Å². The molecule has 1 aliphatic heterocycles. The second-order valence-electron chi connectivity index (χ2n) is 8.35. The van der Waals surface area contributed by atoms with Crippen LogP contribution in [0.4, 0.5) is 11.4 Å². The van der Waals surface area contributed by atoms with Crippen molar-refractivity contribution in [2.45, 2.75) is 36.9 Å². The van der Waals surface area contributed by atoms with Crippen molar-refractivity contribution in [2.24, 2.45) is 11.8 Å². The van der Waals surface area contributed by atoms with Gasteiger partial charge in [-0.05, 0) is 55.7 Å². The van der Waals surface area contributed by atoms with E-state index in [1.54, 1.807) is 6.07 Å². The lowest BCUT2D eigenvalue weighted by molar-refractivity contribution is -0.122. The smallest absolute Gasteiger partial charge is 0.237 e. The molecule has 32 heavy (non-hydrogen) atoms. The summed E-state index contributed by atoms with van der Waals surface area (Å²) in [6, 6.07) is 13.2. The molecule has 0 radical (unpaired) electrons. The van der Waals surface area contributed by atoms with Crippen LogP contribution in [0.15, 0.2) is 46.8 Å². The van der Waals surface area contributed by atoms with Crippen molar-refractivity contribution < 1.29 is 14.4 Å². The standard InChI is InChI=1S/C24H23N3O3S2/c1-14-5-4-6-15(11-14)25-21(28)13-31-24-26-19-10-9-16(12-20(19)32-24)27-22(29)17-7-2-3-8-18(17)23(27)30/h4-6,9-12,17-18H,2-3,7-8,13H2,1H3,(H,25,28)/t17-,18-/m0/s1. The Morgan fingerprint density at radius 3 is 2.59 bits per heavy atom. The number of rotatable bonds is 5. The minimum absolute atomic E-state index is 0.0639. The molecular formula is C24H23N3O3S2. The molecule has 1 N–H and O–H groups in total. The molecule has 1 saturated heterocycles. The molecule has 1 aromatic heterocycles. The minimum atomic E-state index is -0.161. The summed E-state index contributed by atoms with van der Waals surface area (Å²) < 4.78 is 1.68. The summed E-state index contributed by atoms with van der Waals surface area (Å²) in [5.41, 5.74) is 3.30. The third kappa shape index (κ3) is 4.04. The number of carbonyl (C=O) groups excluding carboxylic acids is 3. The van der Waals surface area contributed by atoms with Gasteiger partial charge in [0.2, 0.25) is 17.7 Å². The van der Waals surface area contributed by atoms with Gasteiger partial charge in [-0.3, -0.25) is 19.3 Å². The number of amides is 3. The molecule has 0 spiro atoms. The maximum atomic E-state index is 12.9. The average molecular weight is 466 g/mol. The Morgan fingerprint density at radius 2 is 1.88 bits per heavy atom. The van der Waals surface area contributed by atoms with Crippen molar-refractivity contribution in [1.29, 1.82) is 0 Å². The monoisotopic (exact) mass is 465 g/mol. The first-order chi connectivity index (χ1) is 15.5. The van der Waals surface area contributed by atoms with E-state index >= 15 is 0 Å². The lowest BCUT2D eigenvalue weighted by Gasteiger charge is -2.19. The van der Waals surface area contributed by atoms with Gasteiger partial charge in [0, 0.05) is 5.69 Å². The molecule has 8 heteroatoms. The first-order valence-corrected chi connectivity index (χ1v) is 12.6. The maximum absolute atomic E-state index is 12.9. The summed E-state index contributed by atoms with van der Waals surface area (Å²) in [5, 5.41) is 2.90. The Labute approximate surface area is 194 Å². The molecule has 2 aromatic carbocycles. The SMILES string of the molecule is Cc1cccc(NC(=O)CSc2nc3ccc(N4C(=O)[C@H]5CCCC[C@@H]5C4=O)cc3s2)c1. The fourth-order valence-electron chi connectivity index (χ4n) is 4.56. The van der Waals surface area contributed by atoms with E-state index in [0.717, 1.165) is 51.5 Å². The van der Waals surface area contributed by atoms with Gasteiger partial charge in [0.05, 0.1) is 33.5 Å². The number of hydrogen-bond acceptors (Lipinski definition) is 6. The third-order valence-electron chi connectivity index (χ3n) is 6.08. The molecule has 164 valence electrons. The van der Waals surface area contributed by atoms with Gasteiger partial charge in [-0.25, -0.2) is 4.98 Å². The number of hydrogen-bond donors (Lipinski definition) is 1. The number of carbonyl (C=O) groups is 3. The van der Waals surface area contributed by atoms with Crippen LogP contribution in [-0.4, -0.2) is 28.5 Å². The molecule has 1 saturated carbocycles. The van der Waals surface area contributed by atoms with E-state index in [1.807, 2.05) is 43.3 Å². The largest absolute Gasteiger partial charge is 0.325 e. The highest BCUT2D eigenvalue weighted by Gasteiger charge is 2.48. The number of aromatic nitrogens is 1. The van der Waals surface area contributed by atoms with E-state index < -0.39 is 0 Å². The van der Waals surface area contributed by atoms with E-state index in [0.29, 0.717) is 5.69 Å². The zero-order valence-corrected chi connectivity index (χ0v) is 19.3. The van der Waals surface area contributed by atoms with Gasteiger partial charge in [0.1, 0.15) is 0 Å². The van der Waals surface area contributed by atoms with Crippen molar-refractivity contribution in [2.75, 3.05) is 16.0 Å². The summed E-state index contributed by atoms with van der Waals surface area (Å²) in [5.74, 6) is -0.279. The Kier molecular flexibility index (Phi) is 5.73. The highest BCUT2D eigenvalue weighted by atomic mass is 32.2. The van der Waals surface area contributed by atoms with Gasteiger partial charge in [0.25, 0.3) is 0 Å². The van der Waals surface area contributed by atoms with E-state index in [1.165, 1.54) is 28.0 Å². The van der Waals surface area contributed by atoms with Crippen molar-refractivity contribution in [3.8, 4) is 0 Å². The van der Waals surface area contributed by atoms with Crippen LogP contribution in [0.2, 0.25) is 0 Å². The number of thiazole rings is 1. The Bertz CT molecular complexity index is 1200. The molecule has 2 atom stereocenters. The van der Waals surface area contributed by atoms with Gasteiger partial charge in [0.15, 0.2) is 4.34 Å². The first kappa shape index (κ1) is 21.2. The topological polar surface area (TPSA) is 79.4 Å². The van der Waals surface area contributed by atoms with E-state index in [4.69, 9.17) is 0 Å². The molecule has 5 rings (SSSR count). The second-order valence-corrected chi connectivity index (χ2v) is 10.6. The average Bonchev–Trinajstić information content (AvgIpc) is 3.30. The summed E-state index contributed by atoms with van der Waals surface area (Å²) in [6.45, 7) is 1.98. The number of anilines is 2. The number of benzene rings is 2. The molecule has 2 heterocycles. The normalized spacial score (nSPS) is 20.6. The lowest BCUT2D eigenvalue weighted by Crippen LogP contribution is -2.30. The van der Waals surface area contributed by atoms with Crippen molar-refractivity contribution >= 4 is 62.4 Å². The molecule has 6 nitrogen and oxygen atoms in total. The highest BCUT2D eigenvalue weighted by Crippen LogP contribution is 2.41. The van der Waals surface area contributed by atoms with E-state index in [9.17, 15) is 14.4 Å². The molecule has 3 aromatic rings. The van der Waals surface area contributed by atoms with Crippen molar-refractivity contribution in [1.82, 2.24) is 4.98 Å². The lowest BCUT2D eigenvalue weighted by atomic mass is 9.81.